The van der Waals surface area contributed by atoms with Crippen molar-refractivity contribution in [3.05, 3.63) is 35.0 Å². The Hall–Kier alpha value is -1.48. The number of halogens is 1. The maximum atomic E-state index is 10.7. The van der Waals surface area contributed by atoms with Gasteiger partial charge in [-0.3, -0.25) is 9.88 Å². The van der Waals surface area contributed by atoms with Crippen LogP contribution in [0, 0.1) is 0 Å². The molecule has 1 N–H and O–H groups in total. The van der Waals surface area contributed by atoms with Crippen molar-refractivity contribution in [2.45, 2.75) is 6.54 Å². The molecule has 0 amide bonds. The van der Waals surface area contributed by atoms with Crippen LogP contribution in [0.1, 0.15) is 5.56 Å². The lowest BCUT2D eigenvalue weighted by Crippen LogP contribution is -2.31. The molecule has 3 rings (SSSR count). The molecule has 0 radical (unpaired) electrons. The number of phenols is 1. The minimum absolute atomic E-state index is 0.166. The van der Waals surface area contributed by atoms with Crippen molar-refractivity contribution in [2.24, 2.45) is 0 Å². The van der Waals surface area contributed by atoms with Crippen LogP contribution in [-0.4, -0.2) is 80.9 Å². The maximum Gasteiger partial charge on any atom is 0.146 e. The number of hydrogen-bond donors (Lipinski definition) is 1. The zero-order valence-corrected chi connectivity index (χ0v) is 16.7. The van der Waals surface area contributed by atoms with Gasteiger partial charge in [0.15, 0.2) is 0 Å². The SMILES string of the molecule is Oc1c(CN2CCOCCOCCOCCOCC2)cc(Cl)c2cccnc12. The van der Waals surface area contributed by atoms with Crippen molar-refractivity contribution in [2.75, 3.05) is 65.9 Å². The topological polar surface area (TPSA) is 73.3 Å². The molecule has 7 nitrogen and oxygen atoms in total. The van der Waals surface area contributed by atoms with Crippen LogP contribution in [0.2, 0.25) is 5.02 Å². The summed E-state index contributed by atoms with van der Waals surface area (Å²) in [4.78, 5) is 6.45. The summed E-state index contributed by atoms with van der Waals surface area (Å²) in [7, 11) is 0. The van der Waals surface area contributed by atoms with Crippen LogP contribution in [0.4, 0.5) is 0 Å². The maximum absolute atomic E-state index is 10.7. The van der Waals surface area contributed by atoms with Crippen LogP contribution in [0.25, 0.3) is 10.9 Å². The molecular formula is C20H27ClN2O5. The first kappa shape index (κ1) is 21.2. The molecular weight excluding hydrogens is 384 g/mol. The lowest BCUT2D eigenvalue weighted by atomic mass is 10.1. The number of phenolic OH excluding ortho intramolecular Hbond substituents is 1. The molecule has 1 saturated heterocycles. The van der Waals surface area contributed by atoms with Gasteiger partial charge in [-0.25, -0.2) is 0 Å². The average Bonchev–Trinajstić information content (AvgIpc) is 2.72. The Labute approximate surface area is 170 Å². The van der Waals surface area contributed by atoms with Gasteiger partial charge in [0, 0.05) is 36.8 Å². The summed E-state index contributed by atoms with van der Waals surface area (Å²) in [5.74, 6) is 0.166. The number of fused-ring (bicyclic) bond motifs is 1. The Morgan fingerprint density at radius 1 is 0.929 bits per heavy atom. The smallest absolute Gasteiger partial charge is 0.146 e. The van der Waals surface area contributed by atoms with Gasteiger partial charge >= 0.3 is 0 Å². The molecule has 0 saturated carbocycles. The highest BCUT2D eigenvalue weighted by Crippen LogP contribution is 2.33. The second kappa shape index (κ2) is 11.5. The highest BCUT2D eigenvalue weighted by Gasteiger charge is 2.15. The monoisotopic (exact) mass is 410 g/mol. The van der Waals surface area contributed by atoms with Gasteiger partial charge in [-0.05, 0) is 18.2 Å². The summed E-state index contributed by atoms with van der Waals surface area (Å²) >= 11 is 6.40. The molecule has 8 heteroatoms. The van der Waals surface area contributed by atoms with Gasteiger partial charge in [0.05, 0.1) is 57.9 Å². The Balaban J connectivity index is 1.66. The summed E-state index contributed by atoms with van der Waals surface area (Å²) < 4.78 is 22.2. The molecule has 1 aromatic carbocycles. The number of aromatic hydroxyl groups is 1. The normalized spacial score (nSPS) is 19.2. The summed E-state index contributed by atoms with van der Waals surface area (Å²) in [6.07, 6.45) is 1.65. The zero-order chi connectivity index (χ0) is 19.6. The number of rotatable bonds is 2. The Bertz CT molecular complexity index is 730. The Kier molecular flexibility index (Phi) is 8.72. The fourth-order valence-electron chi connectivity index (χ4n) is 3.02. The molecule has 0 bridgehead atoms. The van der Waals surface area contributed by atoms with Gasteiger partial charge in [0.1, 0.15) is 11.3 Å². The molecule has 2 aromatic rings. The summed E-state index contributed by atoms with van der Waals surface area (Å²) in [6, 6.07) is 5.46. The molecule has 2 heterocycles. The summed E-state index contributed by atoms with van der Waals surface area (Å²) in [5, 5.41) is 12.0. The number of ether oxygens (including phenoxy) is 4. The van der Waals surface area contributed by atoms with E-state index in [2.05, 4.69) is 9.88 Å². The zero-order valence-electron chi connectivity index (χ0n) is 15.9. The fraction of sp³-hybridized carbons (Fsp3) is 0.550. The van der Waals surface area contributed by atoms with Crippen molar-refractivity contribution in [1.82, 2.24) is 9.88 Å². The van der Waals surface area contributed by atoms with E-state index in [1.807, 2.05) is 6.07 Å². The molecule has 1 fully saturated rings. The van der Waals surface area contributed by atoms with E-state index in [9.17, 15) is 5.11 Å². The molecule has 1 aromatic heterocycles. The van der Waals surface area contributed by atoms with E-state index in [0.29, 0.717) is 83.0 Å². The van der Waals surface area contributed by atoms with Gasteiger partial charge in [0.25, 0.3) is 0 Å². The Morgan fingerprint density at radius 3 is 2.11 bits per heavy atom. The van der Waals surface area contributed by atoms with E-state index < -0.39 is 0 Å². The van der Waals surface area contributed by atoms with E-state index in [1.54, 1.807) is 18.3 Å². The lowest BCUT2D eigenvalue weighted by Gasteiger charge is -2.23. The number of benzene rings is 1. The minimum atomic E-state index is 0.166. The molecule has 0 aliphatic carbocycles. The highest BCUT2D eigenvalue weighted by atomic mass is 35.5. The van der Waals surface area contributed by atoms with E-state index >= 15 is 0 Å². The number of nitrogens with zero attached hydrogens (tertiary/aromatic N) is 2. The van der Waals surface area contributed by atoms with Gasteiger partial charge in [-0.1, -0.05) is 11.6 Å². The second-order valence-electron chi connectivity index (χ2n) is 6.49. The predicted molar refractivity (Wildman–Crippen MR) is 107 cm³/mol. The third kappa shape index (κ3) is 6.27. The van der Waals surface area contributed by atoms with Crippen LogP contribution in [-0.2, 0) is 25.5 Å². The second-order valence-corrected chi connectivity index (χ2v) is 6.90. The van der Waals surface area contributed by atoms with E-state index in [0.717, 1.165) is 10.9 Å². The van der Waals surface area contributed by atoms with Gasteiger partial charge in [-0.15, -0.1) is 0 Å². The van der Waals surface area contributed by atoms with E-state index in [4.69, 9.17) is 30.5 Å². The fourth-order valence-corrected chi connectivity index (χ4v) is 3.30. The molecule has 0 unspecified atom stereocenters. The predicted octanol–water partition coefficient (Wildman–Crippen LogP) is 2.48. The molecule has 154 valence electrons. The van der Waals surface area contributed by atoms with Gasteiger partial charge < -0.3 is 24.1 Å². The van der Waals surface area contributed by atoms with Crippen LogP contribution in [0.5, 0.6) is 5.75 Å². The summed E-state index contributed by atoms with van der Waals surface area (Å²) in [6.45, 7) is 6.38. The van der Waals surface area contributed by atoms with Gasteiger partial charge in [0.2, 0.25) is 0 Å². The third-order valence-electron chi connectivity index (χ3n) is 4.51. The van der Waals surface area contributed by atoms with Crippen molar-refractivity contribution < 1.29 is 24.1 Å². The van der Waals surface area contributed by atoms with Crippen molar-refractivity contribution in [3.63, 3.8) is 0 Å². The van der Waals surface area contributed by atoms with Crippen molar-refractivity contribution in [3.8, 4) is 5.75 Å². The standard InChI is InChI=1S/C20H27ClN2O5/c21-18-14-16(20(24)19-17(18)2-1-3-22-19)15-23-4-6-25-8-10-27-12-13-28-11-9-26-7-5-23/h1-3,14,24H,4-13,15H2. The molecule has 0 atom stereocenters. The van der Waals surface area contributed by atoms with E-state index in [1.165, 1.54) is 0 Å². The minimum Gasteiger partial charge on any atom is -0.505 e. The summed E-state index contributed by atoms with van der Waals surface area (Å²) in [5.41, 5.74) is 1.26. The first-order chi connectivity index (χ1) is 13.8. The lowest BCUT2D eigenvalue weighted by molar-refractivity contribution is 0.00206. The molecule has 1 aliphatic heterocycles. The Morgan fingerprint density at radius 2 is 1.50 bits per heavy atom. The number of aromatic nitrogens is 1. The molecule has 28 heavy (non-hydrogen) atoms. The number of pyridine rings is 1. The highest BCUT2D eigenvalue weighted by molar-refractivity contribution is 6.35. The number of hydrogen-bond acceptors (Lipinski definition) is 7. The van der Waals surface area contributed by atoms with Crippen LogP contribution in [0.3, 0.4) is 0 Å². The van der Waals surface area contributed by atoms with Crippen LogP contribution < -0.4 is 0 Å². The quantitative estimate of drug-likeness (QED) is 0.815. The van der Waals surface area contributed by atoms with E-state index in [-0.39, 0.29) is 5.75 Å². The van der Waals surface area contributed by atoms with Gasteiger partial charge in [-0.2, -0.15) is 0 Å². The van der Waals surface area contributed by atoms with Crippen molar-refractivity contribution >= 4 is 22.5 Å². The van der Waals surface area contributed by atoms with Crippen LogP contribution >= 0.6 is 11.6 Å². The molecule has 1 aliphatic rings. The molecule has 0 spiro atoms. The largest absolute Gasteiger partial charge is 0.505 e. The first-order valence-electron chi connectivity index (χ1n) is 9.54. The average molecular weight is 411 g/mol. The third-order valence-corrected chi connectivity index (χ3v) is 4.82. The van der Waals surface area contributed by atoms with Crippen LogP contribution in [0.15, 0.2) is 24.4 Å². The first-order valence-corrected chi connectivity index (χ1v) is 9.92. The van der Waals surface area contributed by atoms with Crippen molar-refractivity contribution in [1.29, 1.82) is 0 Å².